The Balaban J connectivity index is 2.19. The normalized spacial score (nSPS) is 13.7. The molecule has 2 aromatic rings. The van der Waals surface area contributed by atoms with Crippen molar-refractivity contribution < 1.29 is 4.42 Å². The van der Waals surface area contributed by atoms with Crippen molar-refractivity contribution >= 4 is 5.84 Å². The van der Waals surface area contributed by atoms with Gasteiger partial charge in [0.05, 0.1) is 6.26 Å². The highest BCUT2D eigenvalue weighted by atomic mass is 16.3. The molecule has 3 heteroatoms. The van der Waals surface area contributed by atoms with Gasteiger partial charge in [0, 0.05) is 5.56 Å². The molecule has 0 aliphatic heterocycles. The van der Waals surface area contributed by atoms with E-state index in [9.17, 15) is 0 Å². The van der Waals surface area contributed by atoms with Crippen LogP contribution in [0.4, 0.5) is 0 Å². The first-order chi connectivity index (χ1) is 7.77. The van der Waals surface area contributed by atoms with Crippen molar-refractivity contribution in [3.8, 4) is 0 Å². The van der Waals surface area contributed by atoms with Gasteiger partial charge in [-0.25, -0.2) is 0 Å². The van der Waals surface area contributed by atoms with Crippen molar-refractivity contribution in [2.75, 3.05) is 0 Å². The van der Waals surface area contributed by atoms with E-state index >= 15 is 0 Å². The van der Waals surface area contributed by atoms with E-state index in [4.69, 9.17) is 10.2 Å². The third-order valence-corrected chi connectivity index (χ3v) is 2.36. The van der Waals surface area contributed by atoms with Crippen molar-refractivity contribution in [3.05, 3.63) is 60.1 Å². The van der Waals surface area contributed by atoms with E-state index in [-0.39, 0.29) is 6.04 Å². The van der Waals surface area contributed by atoms with Crippen LogP contribution in [0.15, 0.2) is 58.1 Å². The Morgan fingerprint density at radius 1 is 1.19 bits per heavy atom. The SMILES string of the molecule is CC(N=C(N)c1ccccc1)c1ccco1. The highest BCUT2D eigenvalue weighted by Crippen LogP contribution is 2.17. The van der Waals surface area contributed by atoms with Crippen LogP contribution >= 0.6 is 0 Å². The number of aliphatic imine (C=N–C) groups is 1. The number of hydrogen-bond acceptors (Lipinski definition) is 2. The average molecular weight is 214 g/mol. The molecule has 82 valence electrons. The van der Waals surface area contributed by atoms with Gasteiger partial charge in [-0.05, 0) is 19.1 Å². The lowest BCUT2D eigenvalue weighted by Gasteiger charge is -2.05. The lowest BCUT2D eigenvalue weighted by molar-refractivity contribution is 0.481. The number of benzene rings is 1. The third kappa shape index (κ3) is 2.31. The Hall–Kier alpha value is -2.03. The second-order valence-corrected chi connectivity index (χ2v) is 3.57. The summed E-state index contributed by atoms with van der Waals surface area (Å²) in [5.74, 6) is 1.35. The minimum Gasteiger partial charge on any atom is -0.467 e. The maximum absolute atomic E-state index is 5.91. The summed E-state index contributed by atoms with van der Waals surface area (Å²) in [7, 11) is 0. The number of furan rings is 1. The largest absolute Gasteiger partial charge is 0.467 e. The Morgan fingerprint density at radius 2 is 1.94 bits per heavy atom. The van der Waals surface area contributed by atoms with Crippen molar-refractivity contribution in [2.24, 2.45) is 10.7 Å². The van der Waals surface area contributed by atoms with Gasteiger partial charge in [0.1, 0.15) is 17.6 Å². The molecular weight excluding hydrogens is 200 g/mol. The van der Waals surface area contributed by atoms with Gasteiger partial charge in [-0.1, -0.05) is 30.3 Å². The van der Waals surface area contributed by atoms with Gasteiger partial charge < -0.3 is 10.2 Å². The average Bonchev–Trinajstić information content (AvgIpc) is 2.83. The minimum absolute atomic E-state index is 0.0600. The molecule has 0 aliphatic carbocycles. The first-order valence-corrected chi connectivity index (χ1v) is 5.19. The molecule has 0 radical (unpaired) electrons. The molecule has 1 aromatic carbocycles. The molecule has 1 atom stereocenters. The second kappa shape index (κ2) is 4.66. The number of nitrogens with zero attached hydrogens (tertiary/aromatic N) is 1. The predicted octanol–water partition coefficient (Wildman–Crippen LogP) is 2.75. The number of nitrogens with two attached hydrogens (primary N) is 1. The van der Waals surface area contributed by atoms with Crippen LogP contribution in [0.1, 0.15) is 24.3 Å². The highest BCUT2D eigenvalue weighted by molar-refractivity contribution is 5.97. The third-order valence-electron chi connectivity index (χ3n) is 2.36. The molecule has 3 nitrogen and oxygen atoms in total. The molecule has 2 rings (SSSR count). The van der Waals surface area contributed by atoms with Crippen LogP contribution in [0.2, 0.25) is 0 Å². The zero-order valence-corrected chi connectivity index (χ0v) is 9.13. The minimum atomic E-state index is -0.0600. The van der Waals surface area contributed by atoms with E-state index in [1.807, 2.05) is 49.4 Å². The van der Waals surface area contributed by atoms with Crippen LogP contribution in [-0.4, -0.2) is 5.84 Å². The molecule has 1 aromatic heterocycles. The molecule has 2 N–H and O–H groups in total. The Labute approximate surface area is 94.6 Å². The smallest absolute Gasteiger partial charge is 0.128 e. The van der Waals surface area contributed by atoms with Crippen LogP contribution in [0, 0.1) is 0 Å². The Bertz CT molecular complexity index is 460. The number of rotatable bonds is 3. The maximum Gasteiger partial charge on any atom is 0.128 e. The van der Waals surface area contributed by atoms with Crippen molar-refractivity contribution in [1.29, 1.82) is 0 Å². The molecular formula is C13H14N2O. The Morgan fingerprint density at radius 3 is 2.56 bits per heavy atom. The molecule has 1 heterocycles. The van der Waals surface area contributed by atoms with E-state index < -0.39 is 0 Å². The summed E-state index contributed by atoms with van der Waals surface area (Å²) in [6.07, 6.45) is 1.64. The van der Waals surface area contributed by atoms with Crippen molar-refractivity contribution in [2.45, 2.75) is 13.0 Å². The van der Waals surface area contributed by atoms with Crippen molar-refractivity contribution in [1.82, 2.24) is 0 Å². The predicted molar refractivity (Wildman–Crippen MR) is 64.3 cm³/mol. The van der Waals surface area contributed by atoms with Gasteiger partial charge in [0.25, 0.3) is 0 Å². The monoisotopic (exact) mass is 214 g/mol. The summed E-state index contributed by atoms with van der Waals surface area (Å²) < 4.78 is 5.27. The second-order valence-electron chi connectivity index (χ2n) is 3.57. The standard InChI is InChI=1S/C13H14N2O/c1-10(12-8-5-9-16-12)15-13(14)11-6-3-2-4-7-11/h2-10H,1H3,(H2,14,15). The fourth-order valence-corrected chi connectivity index (χ4v) is 1.48. The molecule has 0 saturated carbocycles. The molecule has 0 spiro atoms. The summed E-state index contributed by atoms with van der Waals surface area (Å²) >= 11 is 0. The van der Waals surface area contributed by atoms with Crippen LogP contribution < -0.4 is 5.73 Å². The zero-order valence-electron chi connectivity index (χ0n) is 9.13. The lowest BCUT2D eigenvalue weighted by Crippen LogP contribution is -2.14. The van der Waals surface area contributed by atoms with Gasteiger partial charge in [-0.15, -0.1) is 0 Å². The van der Waals surface area contributed by atoms with Gasteiger partial charge in [-0.3, -0.25) is 4.99 Å². The molecule has 0 saturated heterocycles. The van der Waals surface area contributed by atoms with Gasteiger partial charge in [-0.2, -0.15) is 0 Å². The van der Waals surface area contributed by atoms with E-state index in [1.165, 1.54) is 0 Å². The fraction of sp³-hybridized carbons (Fsp3) is 0.154. The summed E-state index contributed by atoms with van der Waals surface area (Å²) in [5, 5.41) is 0. The van der Waals surface area contributed by atoms with E-state index in [0.29, 0.717) is 5.84 Å². The van der Waals surface area contributed by atoms with E-state index in [1.54, 1.807) is 6.26 Å². The van der Waals surface area contributed by atoms with Crippen LogP contribution in [0.25, 0.3) is 0 Å². The molecule has 0 amide bonds. The van der Waals surface area contributed by atoms with Crippen LogP contribution in [-0.2, 0) is 0 Å². The number of amidine groups is 1. The first kappa shape index (κ1) is 10.5. The molecule has 16 heavy (non-hydrogen) atoms. The quantitative estimate of drug-likeness (QED) is 0.631. The first-order valence-electron chi connectivity index (χ1n) is 5.19. The number of hydrogen-bond donors (Lipinski definition) is 1. The molecule has 1 unspecified atom stereocenters. The Kier molecular flexibility index (Phi) is 3.05. The summed E-state index contributed by atoms with van der Waals surface area (Å²) in [6, 6.07) is 13.4. The zero-order chi connectivity index (χ0) is 11.4. The van der Waals surface area contributed by atoms with Crippen LogP contribution in [0.5, 0.6) is 0 Å². The van der Waals surface area contributed by atoms with Gasteiger partial charge >= 0.3 is 0 Å². The summed E-state index contributed by atoms with van der Waals surface area (Å²) in [5.41, 5.74) is 6.84. The van der Waals surface area contributed by atoms with Crippen LogP contribution in [0.3, 0.4) is 0 Å². The maximum atomic E-state index is 5.91. The lowest BCUT2D eigenvalue weighted by atomic mass is 10.2. The van der Waals surface area contributed by atoms with Gasteiger partial charge in [0.2, 0.25) is 0 Å². The molecule has 0 aliphatic rings. The molecule has 0 fully saturated rings. The highest BCUT2D eigenvalue weighted by Gasteiger charge is 2.07. The van der Waals surface area contributed by atoms with E-state index in [0.717, 1.165) is 11.3 Å². The topological polar surface area (TPSA) is 51.5 Å². The summed E-state index contributed by atoms with van der Waals surface area (Å²) in [4.78, 5) is 4.39. The fourth-order valence-electron chi connectivity index (χ4n) is 1.48. The van der Waals surface area contributed by atoms with Gasteiger partial charge in [0.15, 0.2) is 0 Å². The molecule has 0 bridgehead atoms. The summed E-state index contributed by atoms with van der Waals surface area (Å²) in [6.45, 7) is 1.95. The van der Waals surface area contributed by atoms with E-state index in [2.05, 4.69) is 4.99 Å². The van der Waals surface area contributed by atoms with Crippen molar-refractivity contribution in [3.63, 3.8) is 0 Å².